The Morgan fingerprint density at radius 3 is 2.84 bits per heavy atom. The zero-order chi connectivity index (χ0) is 13.7. The maximum Gasteiger partial charge on any atom is 0.263 e. The highest BCUT2D eigenvalue weighted by molar-refractivity contribution is 9.10. The van der Waals surface area contributed by atoms with Gasteiger partial charge in [0.1, 0.15) is 16.2 Å². The molecule has 0 aliphatic rings. The fourth-order valence-electron chi connectivity index (χ4n) is 1.36. The van der Waals surface area contributed by atoms with Crippen molar-refractivity contribution in [1.82, 2.24) is 4.98 Å². The number of hydrogen-bond acceptors (Lipinski definition) is 3. The van der Waals surface area contributed by atoms with E-state index < -0.39 is 0 Å². The lowest BCUT2D eigenvalue weighted by molar-refractivity contribution is -0.118. The molecule has 1 N–H and O–H groups in total. The quantitative estimate of drug-likeness (QED) is 0.866. The van der Waals surface area contributed by atoms with Crippen molar-refractivity contribution in [2.45, 2.75) is 0 Å². The Balaban J connectivity index is 1.88. The van der Waals surface area contributed by atoms with Crippen LogP contribution >= 0.6 is 27.5 Å². The van der Waals surface area contributed by atoms with Gasteiger partial charge in [-0.15, -0.1) is 0 Å². The first-order chi connectivity index (χ1) is 9.13. The van der Waals surface area contributed by atoms with Crippen molar-refractivity contribution in [3.63, 3.8) is 0 Å². The first-order valence-electron chi connectivity index (χ1n) is 5.44. The van der Waals surface area contributed by atoms with Crippen LogP contribution in [0.3, 0.4) is 0 Å². The Hall–Kier alpha value is -1.59. The number of ether oxygens (including phenoxy) is 1. The van der Waals surface area contributed by atoms with Crippen molar-refractivity contribution >= 4 is 39.3 Å². The molecule has 0 spiro atoms. The molecular weight excluding hydrogens is 332 g/mol. The average Bonchev–Trinajstić information content (AvgIpc) is 2.36. The number of pyridine rings is 1. The first kappa shape index (κ1) is 13.8. The van der Waals surface area contributed by atoms with Crippen LogP contribution in [0.25, 0.3) is 0 Å². The second-order valence-electron chi connectivity index (χ2n) is 3.64. The van der Waals surface area contributed by atoms with Gasteiger partial charge in [0, 0.05) is 5.02 Å². The fourth-order valence-corrected chi connectivity index (χ4v) is 1.89. The van der Waals surface area contributed by atoms with E-state index in [0.717, 1.165) is 0 Å². The number of aromatic nitrogens is 1. The Kier molecular flexibility index (Phi) is 4.76. The number of benzene rings is 1. The van der Waals surface area contributed by atoms with E-state index in [1.807, 2.05) is 0 Å². The predicted molar refractivity (Wildman–Crippen MR) is 77.5 cm³/mol. The van der Waals surface area contributed by atoms with E-state index in [4.69, 9.17) is 16.3 Å². The van der Waals surface area contributed by atoms with Gasteiger partial charge in [0.2, 0.25) is 0 Å². The third-order valence-electron chi connectivity index (χ3n) is 2.15. The molecule has 98 valence electrons. The van der Waals surface area contributed by atoms with Crippen LogP contribution in [-0.2, 0) is 4.79 Å². The predicted octanol–water partition coefficient (Wildman–Crippen LogP) is 3.52. The minimum Gasteiger partial charge on any atom is -0.484 e. The standard InChI is InChI=1S/C13H10BrClN2O2/c14-11-5-2-6-12(16-11)17-13(18)8-19-10-4-1-3-9(15)7-10/h1-7H,8H2,(H,16,17,18). The summed E-state index contributed by atoms with van der Waals surface area (Å²) in [6.07, 6.45) is 0. The van der Waals surface area contributed by atoms with E-state index in [2.05, 4.69) is 26.2 Å². The zero-order valence-electron chi connectivity index (χ0n) is 9.77. The zero-order valence-corrected chi connectivity index (χ0v) is 12.1. The second kappa shape index (κ2) is 6.54. The molecule has 0 radical (unpaired) electrons. The highest BCUT2D eigenvalue weighted by Crippen LogP contribution is 2.17. The summed E-state index contributed by atoms with van der Waals surface area (Å²) in [7, 11) is 0. The largest absolute Gasteiger partial charge is 0.484 e. The van der Waals surface area contributed by atoms with Gasteiger partial charge in [-0.3, -0.25) is 4.79 Å². The van der Waals surface area contributed by atoms with Crippen molar-refractivity contribution < 1.29 is 9.53 Å². The lowest BCUT2D eigenvalue weighted by Gasteiger charge is -2.07. The lowest BCUT2D eigenvalue weighted by Crippen LogP contribution is -2.20. The maximum absolute atomic E-state index is 11.7. The van der Waals surface area contributed by atoms with Crippen molar-refractivity contribution in [1.29, 1.82) is 0 Å². The summed E-state index contributed by atoms with van der Waals surface area (Å²) in [5.41, 5.74) is 0. The summed E-state index contributed by atoms with van der Waals surface area (Å²) in [5, 5.41) is 3.19. The smallest absolute Gasteiger partial charge is 0.263 e. The summed E-state index contributed by atoms with van der Waals surface area (Å²) >= 11 is 9.04. The fraction of sp³-hybridized carbons (Fsp3) is 0.0769. The molecule has 1 aromatic carbocycles. The van der Waals surface area contributed by atoms with Gasteiger partial charge in [0.15, 0.2) is 6.61 Å². The summed E-state index contributed by atoms with van der Waals surface area (Å²) in [6, 6.07) is 12.1. The monoisotopic (exact) mass is 340 g/mol. The highest BCUT2D eigenvalue weighted by Gasteiger charge is 2.05. The second-order valence-corrected chi connectivity index (χ2v) is 4.89. The number of hydrogen-bond donors (Lipinski definition) is 1. The molecule has 0 saturated heterocycles. The van der Waals surface area contributed by atoms with Gasteiger partial charge < -0.3 is 10.1 Å². The van der Waals surface area contributed by atoms with Gasteiger partial charge in [-0.1, -0.05) is 23.7 Å². The van der Waals surface area contributed by atoms with E-state index in [9.17, 15) is 4.79 Å². The molecule has 2 aromatic rings. The van der Waals surface area contributed by atoms with Crippen LogP contribution < -0.4 is 10.1 Å². The van der Waals surface area contributed by atoms with Crippen LogP contribution in [0.4, 0.5) is 5.82 Å². The van der Waals surface area contributed by atoms with Gasteiger partial charge in [0.05, 0.1) is 0 Å². The molecule has 4 nitrogen and oxygen atoms in total. The van der Waals surface area contributed by atoms with Crippen LogP contribution in [0.15, 0.2) is 47.1 Å². The molecule has 0 atom stereocenters. The Labute approximate surface area is 123 Å². The topological polar surface area (TPSA) is 51.2 Å². The third kappa shape index (κ3) is 4.54. The van der Waals surface area contributed by atoms with E-state index in [0.29, 0.717) is 21.2 Å². The Bertz CT molecular complexity index is 592. The molecule has 1 aromatic heterocycles. The van der Waals surface area contributed by atoms with E-state index in [1.54, 1.807) is 42.5 Å². The first-order valence-corrected chi connectivity index (χ1v) is 6.61. The number of nitrogens with one attached hydrogen (secondary N) is 1. The number of amides is 1. The van der Waals surface area contributed by atoms with E-state index in [1.165, 1.54) is 0 Å². The van der Waals surface area contributed by atoms with Gasteiger partial charge in [-0.25, -0.2) is 4.98 Å². The number of carbonyl (C=O) groups excluding carboxylic acids is 1. The molecule has 1 heterocycles. The SMILES string of the molecule is O=C(COc1cccc(Cl)c1)Nc1cccc(Br)n1. The number of rotatable bonds is 4. The molecule has 0 aliphatic carbocycles. The van der Waals surface area contributed by atoms with Crippen LogP contribution in [-0.4, -0.2) is 17.5 Å². The molecule has 19 heavy (non-hydrogen) atoms. The van der Waals surface area contributed by atoms with E-state index in [-0.39, 0.29) is 12.5 Å². The molecule has 0 unspecified atom stereocenters. The normalized spacial score (nSPS) is 10.0. The van der Waals surface area contributed by atoms with Crippen LogP contribution in [0.2, 0.25) is 5.02 Å². The molecule has 2 rings (SSSR count). The summed E-state index contributed by atoms with van der Waals surface area (Å²) in [5.74, 6) is 0.726. The summed E-state index contributed by atoms with van der Waals surface area (Å²) in [4.78, 5) is 15.7. The van der Waals surface area contributed by atoms with Gasteiger partial charge in [0.25, 0.3) is 5.91 Å². The van der Waals surface area contributed by atoms with Gasteiger partial charge >= 0.3 is 0 Å². The molecule has 0 aliphatic heterocycles. The summed E-state index contributed by atoms with van der Waals surface area (Å²) < 4.78 is 5.97. The third-order valence-corrected chi connectivity index (χ3v) is 2.83. The van der Waals surface area contributed by atoms with Gasteiger partial charge in [-0.2, -0.15) is 0 Å². The van der Waals surface area contributed by atoms with Gasteiger partial charge in [-0.05, 0) is 46.3 Å². The number of halogens is 2. The molecule has 0 fully saturated rings. The van der Waals surface area contributed by atoms with Crippen molar-refractivity contribution in [3.05, 3.63) is 52.1 Å². The minimum absolute atomic E-state index is 0.103. The number of carbonyl (C=O) groups is 1. The van der Waals surface area contributed by atoms with Crippen LogP contribution in [0.1, 0.15) is 0 Å². The van der Waals surface area contributed by atoms with Crippen molar-refractivity contribution in [2.75, 3.05) is 11.9 Å². The molecular formula is C13H10BrClN2O2. The molecule has 1 amide bonds. The minimum atomic E-state index is -0.287. The Morgan fingerprint density at radius 1 is 1.32 bits per heavy atom. The summed E-state index contributed by atoms with van der Waals surface area (Å²) in [6.45, 7) is -0.103. The maximum atomic E-state index is 11.7. The van der Waals surface area contributed by atoms with E-state index >= 15 is 0 Å². The molecule has 6 heteroatoms. The number of anilines is 1. The van der Waals surface area contributed by atoms with Crippen molar-refractivity contribution in [2.24, 2.45) is 0 Å². The van der Waals surface area contributed by atoms with Crippen molar-refractivity contribution in [3.8, 4) is 5.75 Å². The Morgan fingerprint density at radius 2 is 2.11 bits per heavy atom. The molecule has 0 saturated carbocycles. The number of nitrogens with zero attached hydrogens (tertiary/aromatic N) is 1. The lowest BCUT2D eigenvalue weighted by atomic mass is 10.3. The van der Waals surface area contributed by atoms with Crippen LogP contribution in [0, 0.1) is 0 Å². The highest BCUT2D eigenvalue weighted by atomic mass is 79.9. The average molecular weight is 342 g/mol. The molecule has 0 bridgehead atoms. The van der Waals surface area contributed by atoms with Crippen LogP contribution in [0.5, 0.6) is 5.75 Å².